The normalized spacial score (nSPS) is 25.6. The second-order valence-corrected chi connectivity index (χ2v) is 7.29. The molecule has 0 amide bonds. The van der Waals surface area contributed by atoms with Crippen molar-refractivity contribution in [2.24, 2.45) is 0 Å². The highest BCUT2D eigenvalue weighted by Gasteiger charge is 2.36. The number of piperazine rings is 1. The van der Waals surface area contributed by atoms with Crippen LogP contribution in [-0.4, -0.2) is 53.1 Å². The van der Waals surface area contributed by atoms with Gasteiger partial charge in [-0.1, -0.05) is 6.07 Å². The van der Waals surface area contributed by atoms with Gasteiger partial charge in [0.25, 0.3) is 0 Å². The molecule has 2 atom stereocenters. The average Bonchev–Trinajstić information content (AvgIpc) is 3.23. The van der Waals surface area contributed by atoms with Crippen LogP contribution in [0.5, 0.6) is 0 Å². The molecule has 0 radical (unpaired) electrons. The van der Waals surface area contributed by atoms with E-state index in [4.69, 9.17) is 4.74 Å². The molecule has 122 valence electrons. The third kappa shape index (κ3) is 3.80. The number of aromatic nitrogens is 1. The molecule has 2 aliphatic rings. The first-order valence-electron chi connectivity index (χ1n) is 8.36. The predicted octanol–water partition coefficient (Wildman–Crippen LogP) is 2.62. The van der Waals surface area contributed by atoms with Crippen LogP contribution in [0.15, 0.2) is 41.2 Å². The third-order valence-electron chi connectivity index (χ3n) is 4.84. The van der Waals surface area contributed by atoms with Gasteiger partial charge in [-0.3, -0.25) is 14.8 Å². The molecular formula is C18H23N3OS. The topological polar surface area (TPSA) is 28.6 Å². The fourth-order valence-corrected chi connectivity index (χ4v) is 4.31. The van der Waals surface area contributed by atoms with E-state index in [0.29, 0.717) is 18.8 Å². The summed E-state index contributed by atoms with van der Waals surface area (Å²) in [4.78, 5) is 9.53. The highest BCUT2D eigenvalue weighted by molar-refractivity contribution is 7.07. The Kier molecular flexibility index (Phi) is 4.71. The summed E-state index contributed by atoms with van der Waals surface area (Å²) in [7, 11) is 0. The molecule has 23 heavy (non-hydrogen) atoms. The number of hydrogen-bond donors (Lipinski definition) is 0. The van der Waals surface area contributed by atoms with E-state index in [-0.39, 0.29) is 0 Å². The van der Waals surface area contributed by atoms with Gasteiger partial charge in [0.1, 0.15) is 0 Å². The van der Waals surface area contributed by atoms with Gasteiger partial charge in [0, 0.05) is 45.0 Å². The van der Waals surface area contributed by atoms with Crippen molar-refractivity contribution in [1.82, 2.24) is 14.8 Å². The second-order valence-electron chi connectivity index (χ2n) is 6.51. The van der Waals surface area contributed by atoms with Crippen LogP contribution < -0.4 is 0 Å². The van der Waals surface area contributed by atoms with Crippen LogP contribution >= 0.6 is 11.3 Å². The van der Waals surface area contributed by atoms with E-state index in [1.54, 1.807) is 11.3 Å². The Morgan fingerprint density at radius 3 is 3.04 bits per heavy atom. The van der Waals surface area contributed by atoms with Gasteiger partial charge in [-0.15, -0.1) is 0 Å². The monoisotopic (exact) mass is 329 g/mol. The molecule has 0 bridgehead atoms. The minimum absolute atomic E-state index is 0.350. The molecule has 2 saturated heterocycles. The maximum absolute atomic E-state index is 6.10. The molecule has 4 heterocycles. The fourth-order valence-electron chi connectivity index (χ4n) is 3.65. The molecule has 0 unspecified atom stereocenters. The van der Waals surface area contributed by atoms with Crippen molar-refractivity contribution in [2.45, 2.75) is 31.7 Å². The summed E-state index contributed by atoms with van der Waals surface area (Å²) >= 11 is 1.79. The van der Waals surface area contributed by atoms with E-state index < -0.39 is 0 Å². The Labute approximate surface area is 141 Å². The largest absolute Gasteiger partial charge is 0.371 e. The Morgan fingerprint density at radius 2 is 2.22 bits per heavy atom. The lowest BCUT2D eigenvalue weighted by atomic mass is 10.1. The molecule has 0 aliphatic carbocycles. The van der Waals surface area contributed by atoms with Crippen molar-refractivity contribution in [2.75, 3.05) is 26.2 Å². The molecule has 0 saturated carbocycles. The maximum Gasteiger partial charge on any atom is 0.0892 e. The van der Waals surface area contributed by atoms with E-state index in [9.17, 15) is 0 Å². The van der Waals surface area contributed by atoms with Crippen molar-refractivity contribution >= 4 is 11.3 Å². The van der Waals surface area contributed by atoms with E-state index in [2.05, 4.69) is 31.6 Å². The number of hydrogen-bond acceptors (Lipinski definition) is 5. The van der Waals surface area contributed by atoms with Crippen molar-refractivity contribution in [3.05, 3.63) is 52.5 Å². The lowest BCUT2D eigenvalue weighted by molar-refractivity contribution is 0.0440. The zero-order valence-corrected chi connectivity index (χ0v) is 14.1. The second kappa shape index (κ2) is 7.09. The number of fused-ring (bicyclic) bond motifs is 1. The Hall–Kier alpha value is -1.27. The summed E-state index contributed by atoms with van der Waals surface area (Å²) in [6.07, 6.45) is 3.33. The molecule has 2 aromatic heterocycles. The zero-order valence-electron chi connectivity index (χ0n) is 13.3. The summed E-state index contributed by atoms with van der Waals surface area (Å²) in [5, 5.41) is 4.43. The molecule has 5 heteroatoms. The SMILES string of the molecule is c1ccc(CO[C@H]2C[C@@H]3CN(Cc4ccsc4)CCN3C2)nc1. The van der Waals surface area contributed by atoms with Crippen molar-refractivity contribution in [3.63, 3.8) is 0 Å². The van der Waals surface area contributed by atoms with Crippen molar-refractivity contribution in [3.8, 4) is 0 Å². The minimum Gasteiger partial charge on any atom is -0.371 e. The lowest BCUT2D eigenvalue weighted by Crippen LogP contribution is -2.49. The number of pyridine rings is 1. The number of rotatable bonds is 5. The van der Waals surface area contributed by atoms with Crippen LogP contribution in [0.25, 0.3) is 0 Å². The van der Waals surface area contributed by atoms with Crippen LogP contribution in [-0.2, 0) is 17.9 Å². The van der Waals surface area contributed by atoms with Gasteiger partial charge in [0.05, 0.1) is 18.4 Å². The smallest absolute Gasteiger partial charge is 0.0892 e. The molecular weight excluding hydrogens is 306 g/mol. The van der Waals surface area contributed by atoms with Crippen molar-refractivity contribution < 1.29 is 4.74 Å². The number of nitrogens with zero attached hydrogens (tertiary/aromatic N) is 3. The Balaban J connectivity index is 1.27. The number of thiophene rings is 1. The summed E-state index contributed by atoms with van der Waals surface area (Å²) < 4.78 is 6.10. The molecule has 2 aromatic rings. The zero-order chi connectivity index (χ0) is 15.5. The lowest BCUT2D eigenvalue weighted by Gasteiger charge is -2.37. The van der Waals surface area contributed by atoms with Gasteiger partial charge >= 0.3 is 0 Å². The summed E-state index contributed by atoms with van der Waals surface area (Å²) in [6, 6.07) is 8.89. The Bertz CT molecular complexity index is 604. The van der Waals surface area contributed by atoms with E-state index in [1.165, 1.54) is 18.7 Å². The molecule has 4 rings (SSSR count). The van der Waals surface area contributed by atoms with Gasteiger partial charge in [0.15, 0.2) is 0 Å². The van der Waals surface area contributed by atoms with Gasteiger partial charge in [0.2, 0.25) is 0 Å². The van der Waals surface area contributed by atoms with Crippen LogP contribution in [0, 0.1) is 0 Å². The molecule has 2 aliphatic heterocycles. The molecule has 0 aromatic carbocycles. The fraction of sp³-hybridized carbons (Fsp3) is 0.500. The van der Waals surface area contributed by atoms with Gasteiger partial charge in [-0.25, -0.2) is 0 Å². The number of ether oxygens (including phenoxy) is 1. The first-order chi connectivity index (χ1) is 11.4. The predicted molar refractivity (Wildman–Crippen MR) is 92.4 cm³/mol. The molecule has 0 N–H and O–H groups in total. The summed E-state index contributed by atoms with van der Waals surface area (Å²) in [5.74, 6) is 0. The van der Waals surface area contributed by atoms with Crippen LogP contribution in [0.1, 0.15) is 17.7 Å². The van der Waals surface area contributed by atoms with Crippen LogP contribution in [0.4, 0.5) is 0 Å². The minimum atomic E-state index is 0.350. The van der Waals surface area contributed by atoms with Crippen LogP contribution in [0.3, 0.4) is 0 Å². The summed E-state index contributed by atoms with van der Waals surface area (Å²) in [6.45, 7) is 6.29. The maximum atomic E-state index is 6.10. The van der Waals surface area contributed by atoms with Gasteiger partial charge in [-0.2, -0.15) is 11.3 Å². The summed E-state index contributed by atoms with van der Waals surface area (Å²) in [5.41, 5.74) is 2.47. The standard InChI is InChI=1S/C18H23N3OS/c1-2-5-19-16(3-1)13-22-18-9-17-11-20(6-7-21(17)12-18)10-15-4-8-23-14-15/h1-5,8,14,17-18H,6-7,9-13H2/t17-,18+/m1/s1. The van der Waals surface area contributed by atoms with Crippen molar-refractivity contribution in [1.29, 1.82) is 0 Å². The first kappa shape index (κ1) is 15.3. The molecule has 0 spiro atoms. The third-order valence-corrected chi connectivity index (χ3v) is 5.57. The Morgan fingerprint density at radius 1 is 1.22 bits per heavy atom. The first-order valence-corrected chi connectivity index (χ1v) is 9.30. The highest BCUT2D eigenvalue weighted by Crippen LogP contribution is 2.25. The van der Waals surface area contributed by atoms with E-state index in [0.717, 1.165) is 31.7 Å². The van der Waals surface area contributed by atoms with E-state index in [1.807, 2.05) is 24.4 Å². The van der Waals surface area contributed by atoms with E-state index >= 15 is 0 Å². The quantitative estimate of drug-likeness (QED) is 0.843. The van der Waals surface area contributed by atoms with Gasteiger partial charge in [-0.05, 0) is 40.9 Å². The molecule has 4 nitrogen and oxygen atoms in total. The van der Waals surface area contributed by atoms with Gasteiger partial charge < -0.3 is 4.74 Å². The molecule has 2 fully saturated rings. The average molecular weight is 329 g/mol. The highest BCUT2D eigenvalue weighted by atomic mass is 32.1. The van der Waals surface area contributed by atoms with Crippen LogP contribution in [0.2, 0.25) is 0 Å².